The standard InChI is InChI=1S/C28H30N2O4/c1-20-4-10-24(11-5-20)28(32)34-26-14-8-22(9-15-26)7-6-21(2)33-17-16-23-12-13-25(30-19-31)18-27(23)29-3/h4-14,18-19,26,29H,2,15-17H2,1,3H3,(H,30,31)/b7-6+. The van der Waals surface area contributed by atoms with Gasteiger partial charge in [0.1, 0.15) is 11.9 Å². The van der Waals surface area contributed by atoms with Crippen LogP contribution in [-0.2, 0) is 20.7 Å². The topological polar surface area (TPSA) is 76.7 Å². The van der Waals surface area contributed by atoms with Crippen LogP contribution in [0.15, 0.2) is 90.8 Å². The van der Waals surface area contributed by atoms with E-state index in [1.807, 2.05) is 74.7 Å². The third-order valence-electron chi connectivity index (χ3n) is 5.36. The number of rotatable bonds is 11. The smallest absolute Gasteiger partial charge is 0.338 e. The molecule has 0 saturated carbocycles. The molecule has 1 unspecified atom stereocenters. The van der Waals surface area contributed by atoms with Crippen molar-refractivity contribution in [2.45, 2.75) is 25.9 Å². The van der Waals surface area contributed by atoms with Gasteiger partial charge in [-0.1, -0.05) is 48.6 Å². The lowest BCUT2D eigenvalue weighted by Gasteiger charge is -2.16. The van der Waals surface area contributed by atoms with Gasteiger partial charge in [-0.3, -0.25) is 4.79 Å². The Labute approximate surface area is 200 Å². The second-order valence-electron chi connectivity index (χ2n) is 7.89. The Bertz CT molecular complexity index is 1110. The summed E-state index contributed by atoms with van der Waals surface area (Å²) in [6.07, 6.45) is 11.3. The Morgan fingerprint density at radius 3 is 2.68 bits per heavy atom. The van der Waals surface area contributed by atoms with Crippen LogP contribution in [0.2, 0.25) is 0 Å². The molecule has 0 bridgehead atoms. The first-order valence-corrected chi connectivity index (χ1v) is 11.1. The third-order valence-corrected chi connectivity index (χ3v) is 5.36. The number of esters is 1. The van der Waals surface area contributed by atoms with E-state index in [9.17, 15) is 9.59 Å². The van der Waals surface area contributed by atoms with E-state index in [0.29, 0.717) is 37.2 Å². The molecule has 0 spiro atoms. The van der Waals surface area contributed by atoms with Crippen molar-refractivity contribution in [3.63, 3.8) is 0 Å². The van der Waals surface area contributed by atoms with Crippen LogP contribution in [0.1, 0.15) is 27.9 Å². The summed E-state index contributed by atoms with van der Waals surface area (Å²) in [5, 5.41) is 5.78. The maximum Gasteiger partial charge on any atom is 0.338 e. The van der Waals surface area contributed by atoms with E-state index in [-0.39, 0.29) is 12.1 Å². The van der Waals surface area contributed by atoms with Crippen molar-refractivity contribution in [1.29, 1.82) is 0 Å². The number of hydrogen-bond donors (Lipinski definition) is 2. The van der Waals surface area contributed by atoms with Crippen LogP contribution in [0.25, 0.3) is 0 Å². The molecule has 0 heterocycles. The van der Waals surface area contributed by atoms with Crippen LogP contribution in [0, 0.1) is 6.92 Å². The van der Waals surface area contributed by atoms with E-state index in [1.165, 1.54) is 0 Å². The summed E-state index contributed by atoms with van der Waals surface area (Å²) in [6, 6.07) is 13.0. The van der Waals surface area contributed by atoms with Gasteiger partial charge in [-0.05, 0) is 54.5 Å². The number of nitrogens with one attached hydrogen (secondary N) is 2. The average molecular weight is 459 g/mol. The molecule has 1 aliphatic rings. The number of aryl methyl sites for hydroxylation is 1. The predicted molar refractivity (Wildman–Crippen MR) is 136 cm³/mol. The van der Waals surface area contributed by atoms with Crippen molar-refractivity contribution in [2.24, 2.45) is 0 Å². The van der Waals surface area contributed by atoms with Crippen LogP contribution in [0.4, 0.5) is 11.4 Å². The van der Waals surface area contributed by atoms with Crippen molar-refractivity contribution in [3.8, 4) is 0 Å². The molecule has 3 rings (SSSR count). The molecule has 2 aromatic carbocycles. The Hall–Kier alpha value is -4.06. The summed E-state index contributed by atoms with van der Waals surface area (Å²) < 4.78 is 11.3. The van der Waals surface area contributed by atoms with Crippen molar-refractivity contribution in [1.82, 2.24) is 0 Å². The van der Waals surface area contributed by atoms with Gasteiger partial charge >= 0.3 is 5.97 Å². The highest BCUT2D eigenvalue weighted by molar-refractivity contribution is 5.89. The molecule has 2 aromatic rings. The van der Waals surface area contributed by atoms with E-state index < -0.39 is 0 Å². The fraction of sp³-hybridized carbons (Fsp3) is 0.214. The van der Waals surface area contributed by atoms with E-state index in [0.717, 1.165) is 28.1 Å². The summed E-state index contributed by atoms with van der Waals surface area (Å²) >= 11 is 0. The molecule has 0 aliphatic heterocycles. The molecule has 34 heavy (non-hydrogen) atoms. The number of benzene rings is 2. The van der Waals surface area contributed by atoms with Crippen LogP contribution in [0.5, 0.6) is 0 Å². The lowest BCUT2D eigenvalue weighted by Crippen LogP contribution is -2.17. The first-order valence-electron chi connectivity index (χ1n) is 11.1. The first kappa shape index (κ1) is 24.6. The summed E-state index contributed by atoms with van der Waals surface area (Å²) in [7, 11) is 1.84. The van der Waals surface area contributed by atoms with Crippen LogP contribution in [0.3, 0.4) is 0 Å². The summed E-state index contributed by atoms with van der Waals surface area (Å²) in [6.45, 7) is 6.41. The van der Waals surface area contributed by atoms with Crippen molar-refractivity contribution in [2.75, 3.05) is 24.3 Å². The van der Waals surface area contributed by atoms with Gasteiger partial charge in [-0.2, -0.15) is 0 Å². The van der Waals surface area contributed by atoms with Gasteiger partial charge in [-0.25, -0.2) is 4.79 Å². The van der Waals surface area contributed by atoms with Gasteiger partial charge in [0, 0.05) is 31.3 Å². The Kier molecular flexibility index (Phi) is 8.86. The predicted octanol–water partition coefficient (Wildman–Crippen LogP) is 5.35. The number of anilines is 2. The zero-order chi connectivity index (χ0) is 24.3. The minimum Gasteiger partial charge on any atom is -0.494 e. The molecule has 0 aromatic heterocycles. The molecule has 6 heteroatoms. The monoisotopic (exact) mass is 458 g/mol. The molecule has 1 amide bonds. The summed E-state index contributed by atoms with van der Waals surface area (Å²) in [5.41, 5.74) is 5.41. The second-order valence-corrected chi connectivity index (χ2v) is 7.89. The maximum absolute atomic E-state index is 12.3. The van der Waals surface area contributed by atoms with Gasteiger partial charge in [0.25, 0.3) is 0 Å². The molecule has 0 saturated heterocycles. The molecule has 0 fully saturated rings. The van der Waals surface area contributed by atoms with Crippen LogP contribution >= 0.6 is 0 Å². The molecule has 0 radical (unpaired) electrons. The van der Waals surface area contributed by atoms with Gasteiger partial charge in [0.15, 0.2) is 0 Å². The van der Waals surface area contributed by atoms with E-state index >= 15 is 0 Å². The number of carbonyl (C=O) groups excluding carboxylic acids is 2. The Morgan fingerprint density at radius 2 is 2.00 bits per heavy atom. The first-order chi connectivity index (χ1) is 16.5. The molecule has 176 valence electrons. The molecule has 1 aliphatic carbocycles. The number of carbonyl (C=O) groups is 2. The minimum atomic E-state index is -0.320. The lowest BCUT2D eigenvalue weighted by atomic mass is 10.0. The fourth-order valence-electron chi connectivity index (χ4n) is 3.44. The molecule has 1 atom stereocenters. The summed E-state index contributed by atoms with van der Waals surface area (Å²) in [5.74, 6) is 0.243. The zero-order valence-electron chi connectivity index (χ0n) is 19.5. The highest BCUT2D eigenvalue weighted by Crippen LogP contribution is 2.21. The number of allylic oxidation sites excluding steroid dienone is 4. The average Bonchev–Trinajstić information content (AvgIpc) is 2.85. The van der Waals surface area contributed by atoms with Gasteiger partial charge in [0.05, 0.1) is 12.2 Å². The third kappa shape index (κ3) is 7.24. The largest absolute Gasteiger partial charge is 0.494 e. The number of ether oxygens (including phenoxy) is 2. The van der Waals surface area contributed by atoms with Gasteiger partial charge in [-0.15, -0.1) is 0 Å². The van der Waals surface area contributed by atoms with Gasteiger partial charge < -0.3 is 20.1 Å². The quantitative estimate of drug-likeness (QED) is 0.206. The lowest BCUT2D eigenvalue weighted by molar-refractivity contribution is -0.105. The van der Waals surface area contributed by atoms with E-state index in [1.54, 1.807) is 12.1 Å². The Balaban J connectivity index is 1.43. The number of hydrogen-bond acceptors (Lipinski definition) is 5. The molecular weight excluding hydrogens is 428 g/mol. The van der Waals surface area contributed by atoms with Gasteiger partial charge in [0.2, 0.25) is 6.41 Å². The zero-order valence-corrected chi connectivity index (χ0v) is 19.5. The van der Waals surface area contributed by atoms with Crippen LogP contribution < -0.4 is 10.6 Å². The summed E-state index contributed by atoms with van der Waals surface area (Å²) in [4.78, 5) is 22.9. The SMILES string of the molecule is C=C(/C=C/C1=CCC(OC(=O)c2ccc(C)cc2)C=C1)OCCc1ccc(NC=O)cc1NC. The highest BCUT2D eigenvalue weighted by Gasteiger charge is 2.15. The fourth-order valence-corrected chi connectivity index (χ4v) is 3.44. The molecule has 2 N–H and O–H groups in total. The van der Waals surface area contributed by atoms with E-state index in [4.69, 9.17) is 9.47 Å². The molecule has 6 nitrogen and oxygen atoms in total. The van der Waals surface area contributed by atoms with Crippen molar-refractivity contribution < 1.29 is 19.1 Å². The van der Waals surface area contributed by atoms with E-state index in [2.05, 4.69) is 17.2 Å². The van der Waals surface area contributed by atoms with Crippen LogP contribution in [-0.4, -0.2) is 32.1 Å². The number of amides is 1. The Morgan fingerprint density at radius 1 is 1.21 bits per heavy atom. The normalized spacial score (nSPS) is 14.9. The molecular formula is C28H30N2O4. The highest BCUT2D eigenvalue weighted by atomic mass is 16.5. The second kappa shape index (κ2) is 12.3. The minimum absolute atomic E-state index is 0.278. The maximum atomic E-state index is 12.3. The van der Waals surface area contributed by atoms with Crippen molar-refractivity contribution >= 4 is 23.8 Å². The van der Waals surface area contributed by atoms with Crippen molar-refractivity contribution in [3.05, 3.63) is 107 Å².